The van der Waals surface area contributed by atoms with Crippen LogP contribution in [0.2, 0.25) is 5.02 Å². The molecule has 1 amide bonds. The monoisotopic (exact) mass is 255 g/mol. The van der Waals surface area contributed by atoms with E-state index in [4.69, 9.17) is 11.6 Å². The maximum Gasteiger partial charge on any atom is 0.260 e. The molecule has 5 nitrogen and oxygen atoms in total. The summed E-state index contributed by atoms with van der Waals surface area (Å²) >= 11 is 5.77. The molecule has 0 spiro atoms. The van der Waals surface area contributed by atoms with Gasteiger partial charge in [0.2, 0.25) is 0 Å². The van der Waals surface area contributed by atoms with Crippen LogP contribution in [0.25, 0.3) is 0 Å². The Bertz CT molecular complexity index is 478. The summed E-state index contributed by atoms with van der Waals surface area (Å²) in [6.45, 7) is 2.93. The maximum atomic E-state index is 12.1. The number of amides is 1. The van der Waals surface area contributed by atoms with Crippen molar-refractivity contribution in [1.29, 1.82) is 0 Å². The molecule has 1 aromatic rings. The molecule has 2 rings (SSSR count). The van der Waals surface area contributed by atoms with Gasteiger partial charge in [-0.25, -0.2) is 0 Å². The number of aromatic nitrogens is 1. The lowest BCUT2D eigenvalue weighted by Gasteiger charge is -2.32. The molecule has 1 aliphatic heterocycles. The van der Waals surface area contributed by atoms with Crippen LogP contribution >= 0.6 is 11.6 Å². The van der Waals surface area contributed by atoms with E-state index in [-0.39, 0.29) is 11.5 Å². The average Bonchev–Trinajstić information content (AvgIpc) is 2.32. The average molecular weight is 256 g/mol. The van der Waals surface area contributed by atoms with Crippen molar-refractivity contribution in [3.63, 3.8) is 0 Å². The van der Waals surface area contributed by atoms with Crippen molar-refractivity contribution in [1.82, 2.24) is 14.8 Å². The Hall–Kier alpha value is -1.33. The number of H-pyrrole nitrogens is 1. The van der Waals surface area contributed by atoms with Crippen LogP contribution in [0, 0.1) is 0 Å². The predicted octanol–water partition coefficient (Wildman–Crippen LogP) is 0.416. The third kappa shape index (κ3) is 2.68. The van der Waals surface area contributed by atoms with E-state index in [0.29, 0.717) is 18.1 Å². The number of pyridine rings is 1. The van der Waals surface area contributed by atoms with Gasteiger partial charge in [-0.2, -0.15) is 0 Å². The standard InChI is InChI=1S/C11H14ClN3O2/c1-14-2-4-15(5-3-14)11(17)9-6-8(12)7-13-10(9)16/h6-7H,2-5H2,1H3,(H,13,16). The van der Waals surface area contributed by atoms with Gasteiger partial charge in [0, 0.05) is 32.4 Å². The zero-order valence-corrected chi connectivity index (χ0v) is 10.3. The van der Waals surface area contributed by atoms with Gasteiger partial charge in [0.1, 0.15) is 5.56 Å². The van der Waals surface area contributed by atoms with Gasteiger partial charge in [0.25, 0.3) is 11.5 Å². The fourth-order valence-corrected chi connectivity index (χ4v) is 1.96. The number of halogens is 1. The molecule has 2 heterocycles. The Labute approximate surface area is 104 Å². The van der Waals surface area contributed by atoms with Gasteiger partial charge in [-0.1, -0.05) is 11.6 Å². The SMILES string of the molecule is CN1CCN(C(=O)c2cc(Cl)c[nH]c2=O)CC1. The van der Waals surface area contributed by atoms with Crippen LogP contribution in [0.1, 0.15) is 10.4 Å². The molecular weight excluding hydrogens is 242 g/mol. The van der Waals surface area contributed by atoms with Gasteiger partial charge in [-0.05, 0) is 13.1 Å². The highest BCUT2D eigenvalue weighted by atomic mass is 35.5. The van der Waals surface area contributed by atoms with Crippen LogP contribution in [0.4, 0.5) is 0 Å². The first-order valence-electron chi connectivity index (χ1n) is 5.44. The number of carbonyl (C=O) groups excluding carboxylic acids is 1. The quantitative estimate of drug-likeness (QED) is 0.791. The molecule has 0 aromatic carbocycles. The first-order valence-corrected chi connectivity index (χ1v) is 5.82. The fourth-order valence-electron chi connectivity index (χ4n) is 1.80. The van der Waals surface area contributed by atoms with E-state index in [1.165, 1.54) is 12.3 Å². The van der Waals surface area contributed by atoms with Crippen LogP contribution < -0.4 is 5.56 Å². The minimum atomic E-state index is -0.390. The smallest absolute Gasteiger partial charge is 0.260 e. The topological polar surface area (TPSA) is 56.4 Å². The molecule has 0 atom stereocenters. The van der Waals surface area contributed by atoms with E-state index in [1.54, 1.807) is 4.90 Å². The van der Waals surface area contributed by atoms with E-state index in [0.717, 1.165) is 13.1 Å². The van der Waals surface area contributed by atoms with E-state index >= 15 is 0 Å². The van der Waals surface area contributed by atoms with E-state index in [2.05, 4.69) is 9.88 Å². The summed E-state index contributed by atoms with van der Waals surface area (Å²) in [7, 11) is 2.01. The summed E-state index contributed by atoms with van der Waals surface area (Å²) in [5, 5.41) is 0.363. The normalized spacial score (nSPS) is 17.2. The van der Waals surface area contributed by atoms with Gasteiger partial charge in [0.05, 0.1) is 5.02 Å². The highest BCUT2D eigenvalue weighted by Crippen LogP contribution is 2.09. The third-order valence-corrected chi connectivity index (χ3v) is 3.11. The number of piperazine rings is 1. The number of aromatic amines is 1. The largest absolute Gasteiger partial charge is 0.336 e. The van der Waals surface area contributed by atoms with Crippen molar-refractivity contribution >= 4 is 17.5 Å². The van der Waals surface area contributed by atoms with Crippen molar-refractivity contribution < 1.29 is 4.79 Å². The number of nitrogens with one attached hydrogen (secondary N) is 1. The molecule has 1 fully saturated rings. The van der Waals surface area contributed by atoms with Crippen LogP contribution in [-0.4, -0.2) is 53.9 Å². The predicted molar refractivity (Wildman–Crippen MR) is 65.5 cm³/mol. The van der Waals surface area contributed by atoms with E-state index < -0.39 is 5.56 Å². The van der Waals surface area contributed by atoms with E-state index in [1.807, 2.05) is 7.05 Å². The number of rotatable bonds is 1. The number of carbonyl (C=O) groups is 1. The second-order valence-electron chi connectivity index (χ2n) is 4.16. The molecule has 17 heavy (non-hydrogen) atoms. The lowest BCUT2D eigenvalue weighted by molar-refractivity contribution is 0.0662. The molecule has 92 valence electrons. The Kier molecular flexibility index (Phi) is 3.49. The Morgan fingerprint density at radius 3 is 2.65 bits per heavy atom. The molecule has 0 aliphatic carbocycles. The maximum absolute atomic E-state index is 12.1. The lowest BCUT2D eigenvalue weighted by Crippen LogP contribution is -2.48. The zero-order valence-electron chi connectivity index (χ0n) is 9.57. The van der Waals surface area contributed by atoms with Crippen molar-refractivity contribution in [2.75, 3.05) is 33.2 Å². The number of nitrogens with zero attached hydrogens (tertiary/aromatic N) is 2. The molecule has 6 heteroatoms. The highest BCUT2D eigenvalue weighted by molar-refractivity contribution is 6.30. The Morgan fingerprint density at radius 1 is 1.35 bits per heavy atom. The summed E-state index contributed by atoms with van der Waals surface area (Å²) in [6.07, 6.45) is 1.38. The molecule has 0 radical (unpaired) electrons. The summed E-state index contributed by atoms with van der Waals surface area (Å²) in [5.74, 6) is -0.248. The van der Waals surface area contributed by atoms with Gasteiger partial charge in [0.15, 0.2) is 0 Å². The molecule has 1 saturated heterocycles. The van der Waals surface area contributed by atoms with Gasteiger partial charge in [-0.3, -0.25) is 9.59 Å². The number of hydrogen-bond donors (Lipinski definition) is 1. The van der Waals surface area contributed by atoms with Gasteiger partial charge >= 0.3 is 0 Å². The zero-order chi connectivity index (χ0) is 12.4. The molecule has 1 aromatic heterocycles. The second-order valence-corrected chi connectivity index (χ2v) is 4.59. The third-order valence-electron chi connectivity index (χ3n) is 2.89. The Morgan fingerprint density at radius 2 is 2.00 bits per heavy atom. The Balaban J connectivity index is 2.19. The van der Waals surface area contributed by atoms with Crippen molar-refractivity contribution in [3.05, 3.63) is 33.2 Å². The summed E-state index contributed by atoms with van der Waals surface area (Å²) < 4.78 is 0. The van der Waals surface area contributed by atoms with Gasteiger partial charge in [-0.15, -0.1) is 0 Å². The molecule has 1 aliphatic rings. The minimum absolute atomic E-state index is 0.113. The fraction of sp³-hybridized carbons (Fsp3) is 0.455. The van der Waals surface area contributed by atoms with Crippen molar-refractivity contribution in [2.45, 2.75) is 0 Å². The first-order chi connectivity index (χ1) is 8.08. The highest BCUT2D eigenvalue weighted by Gasteiger charge is 2.22. The van der Waals surface area contributed by atoms with Crippen LogP contribution in [0.5, 0.6) is 0 Å². The summed E-state index contributed by atoms with van der Waals surface area (Å²) in [5.41, 5.74) is -0.277. The van der Waals surface area contributed by atoms with Gasteiger partial charge < -0.3 is 14.8 Å². The van der Waals surface area contributed by atoms with Crippen molar-refractivity contribution in [2.24, 2.45) is 0 Å². The molecular formula is C11H14ClN3O2. The molecule has 1 N–H and O–H groups in total. The lowest BCUT2D eigenvalue weighted by atomic mass is 10.2. The van der Waals surface area contributed by atoms with Crippen LogP contribution in [0.15, 0.2) is 17.1 Å². The second kappa shape index (κ2) is 4.89. The molecule has 0 saturated carbocycles. The van der Waals surface area contributed by atoms with Crippen molar-refractivity contribution in [3.8, 4) is 0 Å². The first kappa shape index (κ1) is 12.1. The van der Waals surface area contributed by atoms with E-state index in [9.17, 15) is 9.59 Å². The van der Waals surface area contributed by atoms with Crippen LogP contribution in [-0.2, 0) is 0 Å². The van der Waals surface area contributed by atoms with Crippen LogP contribution in [0.3, 0.4) is 0 Å². The molecule has 0 bridgehead atoms. The number of hydrogen-bond acceptors (Lipinski definition) is 3. The molecule has 0 unspecified atom stereocenters. The number of likely N-dealkylation sites (N-methyl/N-ethyl adjacent to an activating group) is 1. The minimum Gasteiger partial charge on any atom is -0.336 e. The summed E-state index contributed by atoms with van der Waals surface area (Å²) in [4.78, 5) is 29.9. The summed E-state index contributed by atoms with van der Waals surface area (Å²) in [6, 6.07) is 1.42.